The number of carbonyl (C=O) groups is 1. The van der Waals surface area contributed by atoms with Gasteiger partial charge in [-0.25, -0.2) is 14.3 Å². The predicted octanol–water partition coefficient (Wildman–Crippen LogP) is 0.767. The zero-order valence-electron chi connectivity index (χ0n) is 11.4. The number of nitrogens with zero attached hydrogens (tertiary/aromatic N) is 4. The maximum absolute atomic E-state index is 12.0. The summed E-state index contributed by atoms with van der Waals surface area (Å²) in [6.07, 6.45) is 2.52. The van der Waals surface area contributed by atoms with Crippen LogP contribution in [-0.4, -0.2) is 37.1 Å². The fourth-order valence-electron chi connectivity index (χ4n) is 2.21. The molecule has 0 aliphatic rings. The van der Waals surface area contributed by atoms with Crippen LogP contribution in [0.15, 0.2) is 23.3 Å². The van der Waals surface area contributed by atoms with E-state index in [1.165, 1.54) is 23.0 Å². The molecule has 0 saturated carbocycles. The number of hydrogen-bond acceptors (Lipinski definition) is 6. The van der Waals surface area contributed by atoms with Gasteiger partial charge in [-0.2, -0.15) is 9.83 Å². The number of fused-ring (bicyclic) bond motifs is 3. The number of carbonyl (C=O) groups excluding carboxylic acids is 1. The van der Waals surface area contributed by atoms with E-state index < -0.39 is 11.5 Å². The Morgan fingerprint density at radius 1 is 1.48 bits per heavy atom. The number of ether oxygens (including phenoxy) is 1. The van der Waals surface area contributed by atoms with Crippen LogP contribution in [0.1, 0.15) is 23.0 Å². The van der Waals surface area contributed by atoms with Gasteiger partial charge in [0.15, 0.2) is 5.65 Å². The van der Waals surface area contributed by atoms with E-state index in [-0.39, 0.29) is 17.6 Å². The monoisotopic (exact) mass is 288 g/mol. The minimum Gasteiger partial charge on any atom is -0.462 e. The Morgan fingerprint density at radius 2 is 2.24 bits per heavy atom. The summed E-state index contributed by atoms with van der Waals surface area (Å²) in [5, 5.41) is 13.8. The molecule has 3 rings (SSSR count). The molecule has 0 radical (unpaired) electrons. The van der Waals surface area contributed by atoms with Gasteiger partial charge in [-0.1, -0.05) is 0 Å². The number of pyridine rings is 1. The quantitative estimate of drug-likeness (QED) is 0.552. The summed E-state index contributed by atoms with van der Waals surface area (Å²) in [4.78, 5) is 27.9. The van der Waals surface area contributed by atoms with E-state index in [4.69, 9.17) is 4.74 Å². The largest absolute Gasteiger partial charge is 0.462 e. The zero-order chi connectivity index (χ0) is 15.1. The summed E-state index contributed by atoms with van der Waals surface area (Å²) in [6.45, 7) is 3.63. The van der Waals surface area contributed by atoms with Crippen LogP contribution in [0, 0.1) is 6.92 Å². The van der Waals surface area contributed by atoms with E-state index in [0.29, 0.717) is 21.6 Å². The first-order valence-corrected chi connectivity index (χ1v) is 6.30. The first kappa shape index (κ1) is 13.1. The van der Waals surface area contributed by atoms with Gasteiger partial charge < -0.3 is 9.94 Å². The molecule has 3 heterocycles. The molecule has 0 aromatic carbocycles. The van der Waals surface area contributed by atoms with E-state index in [2.05, 4.69) is 10.1 Å². The van der Waals surface area contributed by atoms with Crippen molar-refractivity contribution in [3.63, 3.8) is 0 Å². The van der Waals surface area contributed by atoms with Gasteiger partial charge in [-0.05, 0) is 19.9 Å². The molecule has 0 amide bonds. The van der Waals surface area contributed by atoms with Crippen LogP contribution in [0.2, 0.25) is 0 Å². The Bertz CT molecular complexity index is 925. The minimum atomic E-state index is -0.604. The maximum Gasteiger partial charge on any atom is 0.343 e. The summed E-state index contributed by atoms with van der Waals surface area (Å²) < 4.78 is 6.86. The van der Waals surface area contributed by atoms with Crippen LogP contribution in [-0.2, 0) is 4.74 Å². The lowest BCUT2D eigenvalue weighted by Gasteiger charge is -2.03. The number of aromatic nitrogens is 4. The first-order chi connectivity index (χ1) is 10.0. The summed E-state index contributed by atoms with van der Waals surface area (Å²) >= 11 is 0. The Hall–Kier alpha value is -2.90. The van der Waals surface area contributed by atoms with Crippen LogP contribution in [0.25, 0.3) is 16.6 Å². The Balaban J connectivity index is 2.39. The average molecular weight is 288 g/mol. The molecule has 0 unspecified atom stereocenters. The molecule has 8 heteroatoms. The molecule has 1 N–H and O–H groups in total. The molecule has 21 heavy (non-hydrogen) atoms. The highest BCUT2D eigenvalue weighted by Crippen LogP contribution is 2.18. The van der Waals surface area contributed by atoms with Crippen LogP contribution < -0.4 is 5.56 Å². The lowest BCUT2D eigenvalue weighted by Crippen LogP contribution is -2.18. The van der Waals surface area contributed by atoms with Gasteiger partial charge in [0.25, 0.3) is 5.56 Å². The molecular weight excluding hydrogens is 276 g/mol. The van der Waals surface area contributed by atoms with Gasteiger partial charge in [0.1, 0.15) is 5.56 Å². The summed E-state index contributed by atoms with van der Waals surface area (Å²) in [6, 6.07) is 1.52. The lowest BCUT2D eigenvalue weighted by atomic mass is 10.2. The molecular formula is C13H12N4O4. The van der Waals surface area contributed by atoms with E-state index in [0.717, 1.165) is 0 Å². The van der Waals surface area contributed by atoms with Crippen LogP contribution in [0.3, 0.4) is 0 Å². The van der Waals surface area contributed by atoms with E-state index in [1.54, 1.807) is 13.8 Å². The van der Waals surface area contributed by atoms with Crippen molar-refractivity contribution in [2.75, 3.05) is 6.61 Å². The highest BCUT2D eigenvalue weighted by molar-refractivity contribution is 5.98. The van der Waals surface area contributed by atoms with Gasteiger partial charge in [0.05, 0.1) is 23.2 Å². The van der Waals surface area contributed by atoms with Gasteiger partial charge >= 0.3 is 5.97 Å². The van der Waals surface area contributed by atoms with Crippen LogP contribution >= 0.6 is 0 Å². The molecule has 0 bridgehead atoms. The number of esters is 1. The summed E-state index contributed by atoms with van der Waals surface area (Å²) in [5.41, 5.74) is 0.892. The fraction of sp³-hybridized carbons (Fsp3) is 0.231. The fourth-order valence-corrected chi connectivity index (χ4v) is 2.21. The van der Waals surface area contributed by atoms with Gasteiger partial charge in [-0.15, -0.1) is 0 Å². The maximum atomic E-state index is 12.0. The highest BCUT2D eigenvalue weighted by atomic mass is 16.5. The van der Waals surface area contributed by atoms with Gasteiger partial charge in [0.2, 0.25) is 0 Å². The second-order valence-electron chi connectivity index (χ2n) is 4.44. The minimum absolute atomic E-state index is 0.199. The van der Waals surface area contributed by atoms with Crippen molar-refractivity contribution in [2.24, 2.45) is 0 Å². The predicted molar refractivity (Wildman–Crippen MR) is 72.6 cm³/mol. The standard InChI is InChI=1S/C13H12N4O4/c1-3-21-13(19)10-7(2)15-17-9-4-5-16(20)12(18)8(9)6-14-11(10)17/h4-6,20H,3H2,1-2H3. The second kappa shape index (κ2) is 4.58. The third-order valence-electron chi connectivity index (χ3n) is 3.15. The van der Waals surface area contributed by atoms with Gasteiger partial charge in [-0.3, -0.25) is 4.79 Å². The number of aryl methyl sites for hydroxylation is 1. The highest BCUT2D eigenvalue weighted by Gasteiger charge is 2.21. The molecule has 3 aromatic heterocycles. The lowest BCUT2D eigenvalue weighted by molar-refractivity contribution is 0.0527. The van der Waals surface area contributed by atoms with Gasteiger partial charge in [0, 0.05) is 12.4 Å². The van der Waals surface area contributed by atoms with Crippen molar-refractivity contribution >= 4 is 22.5 Å². The van der Waals surface area contributed by atoms with Crippen LogP contribution in [0.4, 0.5) is 0 Å². The molecule has 0 spiro atoms. The molecule has 0 saturated heterocycles. The van der Waals surface area contributed by atoms with E-state index in [1.807, 2.05) is 0 Å². The molecule has 0 aliphatic heterocycles. The van der Waals surface area contributed by atoms with Crippen molar-refractivity contribution in [1.29, 1.82) is 0 Å². The van der Waals surface area contributed by atoms with Crippen molar-refractivity contribution in [1.82, 2.24) is 19.3 Å². The van der Waals surface area contributed by atoms with E-state index in [9.17, 15) is 14.8 Å². The van der Waals surface area contributed by atoms with Crippen LogP contribution in [0.5, 0.6) is 0 Å². The smallest absolute Gasteiger partial charge is 0.343 e. The van der Waals surface area contributed by atoms with Crippen molar-refractivity contribution < 1.29 is 14.7 Å². The molecule has 108 valence electrons. The zero-order valence-corrected chi connectivity index (χ0v) is 11.4. The number of rotatable bonds is 2. The summed E-state index contributed by atoms with van der Waals surface area (Å²) in [5.74, 6) is -0.507. The average Bonchev–Trinajstić information content (AvgIpc) is 2.79. The normalized spacial score (nSPS) is 11.1. The van der Waals surface area contributed by atoms with Crippen molar-refractivity contribution in [2.45, 2.75) is 13.8 Å². The van der Waals surface area contributed by atoms with Crippen molar-refractivity contribution in [3.8, 4) is 0 Å². The Kier molecular flexibility index (Phi) is 2.86. The topological polar surface area (TPSA) is 98.7 Å². The summed E-state index contributed by atoms with van der Waals surface area (Å²) in [7, 11) is 0. The number of hydrogen-bond donors (Lipinski definition) is 1. The SMILES string of the molecule is CCOC(=O)c1c(C)nn2c1ncc1c(=O)n(O)ccc12. The molecule has 0 atom stereocenters. The van der Waals surface area contributed by atoms with Crippen molar-refractivity contribution in [3.05, 3.63) is 40.1 Å². The first-order valence-electron chi connectivity index (χ1n) is 6.30. The molecule has 3 aromatic rings. The molecule has 0 aliphatic carbocycles. The van der Waals surface area contributed by atoms with E-state index >= 15 is 0 Å². The molecule has 8 nitrogen and oxygen atoms in total. The third-order valence-corrected chi connectivity index (χ3v) is 3.15. The Labute approximate surface area is 118 Å². The molecule has 0 fully saturated rings. The second-order valence-corrected chi connectivity index (χ2v) is 4.44. The Morgan fingerprint density at radius 3 is 2.95 bits per heavy atom. The third kappa shape index (κ3) is 1.83.